The highest BCUT2D eigenvalue weighted by molar-refractivity contribution is 7.92. The van der Waals surface area contributed by atoms with Gasteiger partial charge in [-0.2, -0.15) is 0 Å². The summed E-state index contributed by atoms with van der Waals surface area (Å²) in [6.07, 6.45) is 5.01. The largest absolute Gasteiger partial charge is 0.493 e. The van der Waals surface area contributed by atoms with E-state index in [4.69, 9.17) is 21.1 Å². The lowest BCUT2D eigenvalue weighted by Crippen LogP contribution is -2.53. The van der Waals surface area contributed by atoms with E-state index in [0.29, 0.717) is 22.0 Å². The predicted octanol–water partition coefficient (Wildman–Crippen LogP) is 5.42. The van der Waals surface area contributed by atoms with E-state index in [-0.39, 0.29) is 29.1 Å². The number of anilines is 1. The number of sulfonamides is 1. The summed E-state index contributed by atoms with van der Waals surface area (Å²) in [6, 6.07) is 18.9. The van der Waals surface area contributed by atoms with Crippen molar-refractivity contribution >= 4 is 39.1 Å². The predicted molar refractivity (Wildman–Crippen MR) is 167 cm³/mol. The molecule has 9 nitrogen and oxygen atoms in total. The van der Waals surface area contributed by atoms with Crippen LogP contribution in [0, 0.1) is 0 Å². The van der Waals surface area contributed by atoms with E-state index in [2.05, 4.69) is 5.32 Å². The van der Waals surface area contributed by atoms with Crippen molar-refractivity contribution in [2.24, 2.45) is 0 Å². The number of rotatable bonds is 12. The second kappa shape index (κ2) is 14.6. The van der Waals surface area contributed by atoms with Gasteiger partial charge >= 0.3 is 0 Å². The molecule has 230 valence electrons. The third kappa shape index (κ3) is 7.80. The van der Waals surface area contributed by atoms with E-state index in [1.54, 1.807) is 61.5 Å². The van der Waals surface area contributed by atoms with Gasteiger partial charge in [-0.05, 0) is 55.7 Å². The van der Waals surface area contributed by atoms with Crippen LogP contribution in [0.2, 0.25) is 5.02 Å². The monoisotopic (exact) mass is 627 g/mol. The van der Waals surface area contributed by atoms with Gasteiger partial charge in [0.2, 0.25) is 11.8 Å². The second-order valence-corrected chi connectivity index (χ2v) is 12.8. The lowest BCUT2D eigenvalue weighted by Gasteiger charge is -2.33. The van der Waals surface area contributed by atoms with Gasteiger partial charge in [-0.3, -0.25) is 13.9 Å². The zero-order valence-corrected chi connectivity index (χ0v) is 26.2. The Labute approximate surface area is 258 Å². The van der Waals surface area contributed by atoms with Gasteiger partial charge in [-0.15, -0.1) is 0 Å². The van der Waals surface area contributed by atoms with E-state index < -0.39 is 28.5 Å². The molecule has 3 aromatic rings. The summed E-state index contributed by atoms with van der Waals surface area (Å²) in [6.45, 7) is 1.13. The van der Waals surface area contributed by atoms with Crippen molar-refractivity contribution in [3.05, 3.63) is 83.4 Å². The summed E-state index contributed by atoms with van der Waals surface area (Å²) >= 11 is 6.45. The molecule has 1 unspecified atom stereocenters. The average Bonchev–Trinajstić information content (AvgIpc) is 3.03. The molecule has 0 heterocycles. The Hall–Kier alpha value is -3.76. The van der Waals surface area contributed by atoms with Gasteiger partial charge in [-0.1, -0.05) is 67.3 Å². The minimum absolute atomic E-state index is 0.0246. The van der Waals surface area contributed by atoms with Crippen LogP contribution in [-0.4, -0.2) is 58.0 Å². The molecule has 0 bridgehead atoms. The average molecular weight is 628 g/mol. The van der Waals surface area contributed by atoms with Gasteiger partial charge < -0.3 is 19.7 Å². The van der Waals surface area contributed by atoms with Crippen LogP contribution in [0.4, 0.5) is 5.69 Å². The molecule has 1 N–H and O–H groups in total. The van der Waals surface area contributed by atoms with Crippen LogP contribution >= 0.6 is 11.6 Å². The molecule has 1 aliphatic carbocycles. The highest BCUT2D eigenvalue weighted by Crippen LogP contribution is 2.32. The van der Waals surface area contributed by atoms with E-state index >= 15 is 0 Å². The molecule has 0 radical (unpaired) electrons. The quantitative estimate of drug-likeness (QED) is 0.288. The molecule has 11 heteroatoms. The molecule has 1 aliphatic rings. The first kappa shape index (κ1) is 32.2. The Morgan fingerprint density at radius 3 is 2.23 bits per heavy atom. The maximum atomic E-state index is 14.1. The molecular formula is C32H38ClN3O6S. The van der Waals surface area contributed by atoms with Crippen molar-refractivity contribution < 1.29 is 27.5 Å². The third-order valence-electron chi connectivity index (χ3n) is 7.68. The second-order valence-electron chi connectivity index (χ2n) is 10.5. The first-order chi connectivity index (χ1) is 20.6. The Balaban J connectivity index is 1.69. The summed E-state index contributed by atoms with van der Waals surface area (Å²) in [5.41, 5.74) is 0.937. The van der Waals surface area contributed by atoms with Crippen LogP contribution in [0.15, 0.2) is 77.7 Å². The van der Waals surface area contributed by atoms with Crippen molar-refractivity contribution in [3.8, 4) is 11.5 Å². The van der Waals surface area contributed by atoms with Crippen LogP contribution in [0.3, 0.4) is 0 Å². The molecular weight excluding hydrogens is 590 g/mol. The van der Waals surface area contributed by atoms with Gasteiger partial charge in [0, 0.05) is 23.7 Å². The molecule has 3 aromatic carbocycles. The number of benzene rings is 3. The van der Waals surface area contributed by atoms with Crippen molar-refractivity contribution in [1.29, 1.82) is 0 Å². The summed E-state index contributed by atoms with van der Waals surface area (Å²) in [4.78, 5) is 28.9. The van der Waals surface area contributed by atoms with Crippen LogP contribution in [0.1, 0.15) is 44.6 Å². The molecule has 4 rings (SSSR count). The minimum Gasteiger partial charge on any atom is -0.493 e. The summed E-state index contributed by atoms with van der Waals surface area (Å²) in [5, 5.41) is 3.54. The fourth-order valence-corrected chi connectivity index (χ4v) is 6.81. The Morgan fingerprint density at radius 2 is 1.58 bits per heavy atom. The molecule has 0 aliphatic heterocycles. The summed E-state index contributed by atoms with van der Waals surface area (Å²) in [7, 11) is -1.39. The smallest absolute Gasteiger partial charge is 0.264 e. The van der Waals surface area contributed by atoms with Gasteiger partial charge in [-0.25, -0.2) is 8.42 Å². The lowest BCUT2D eigenvalue weighted by molar-refractivity contribution is -0.139. The van der Waals surface area contributed by atoms with Crippen molar-refractivity contribution in [3.63, 3.8) is 0 Å². The number of nitrogens with one attached hydrogen (secondary N) is 1. The number of ether oxygens (including phenoxy) is 2. The maximum absolute atomic E-state index is 14.1. The number of methoxy groups -OCH3 is 2. The van der Waals surface area contributed by atoms with Crippen LogP contribution < -0.4 is 19.1 Å². The van der Waals surface area contributed by atoms with Crippen molar-refractivity contribution in [2.45, 2.75) is 62.6 Å². The molecule has 1 atom stereocenters. The normalized spacial score (nSPS) is 14.4. The fraction of sp³-hybridized carbons (Fsp3) is 0.375. The zero-order valence-electron chi connectivity index (χ0n) is 24.7. The summed E-state index contributed by atoms with van der Waals surface area (Å²) in [5.74, 6) is -0.246. The number of halogens is 1. The number of hydrogen-bond acceptors (Lipinski definition) is 6. The molecule has 1 fully saturated rings. The number of carbonyl (C=O) groups excluding carboxylic acids is 2. The highest BCUT2D eigenvalue weighted by Gasteiger charge is 2.34. The van der Waals surface area contributed by atoms with Crippen LogP contribution in [0.5, 0.6) is 11.5 Å². The molecule has 0 aromatic heterocycles. The summed E-state index contributed by atoms with van der Waals surface area (Å²) < 4.78 is 39.8. The van der Waals surface area contributed by atoms with E-state index in [0.717, 1.165) is 36.4 Å². The minimum atomic E-state index is -4.27. The van der Waals surface area contributed by atoms with Crippen LogP contribution in [-0.2, 0) is 26.2 Å². The highest BCUT2D eigenvalue weighted by atomic mass is 35.5. The van der Waals surface area contributed by atoms with E-state index in [1.165, 1.54) is 37.3 Å². The molecule has 2 amide bonds. The van der Waals surface area contributed by atoms with E-state index in [9.17, 15) is 18.0 Å². The number of nitrogens with zero attached hydrogens (tertiary/aromatic N) is 2. The van der Waals surface area contributed by atoms with Gasteiger partial charge in [0.1, 0.15) is 12.6 Å². The van der Waals surface area contributed by atoms with Crippen LogP contribution in [0.25, 0.3) is 0 Å². The lowest BCUT2D eigenvalue weighted by atomic mass is 9.95. The van der Waals surface area contributed by atoms with Gasteiger partial charge in [0.05, 0.1) is 24.8 Å². The molecule has 1 saturated carbocycles. The van der Waals surface area contributed by atoms with Crippen molar-refractivity contribution in [2.75, 3.05) is 25.1 Å². The Bertz CT molecular complexity index is 1510. The Kier molecular flexibility index (Phi) is 10.9. The van der Waals surface area contributed by atoms with Crippen molar-refractivity contribution in [1.82, 2.24) is 10.2 Å². The number of amides is 2. The fourth-order valence-electron chi connectivity index (χ4n) is 5.19. The third-order valence-corrected chi connectivity index (χ3v) is 9.82. The molecule has 0 saturated heterocycles. The Morgan fingerprint density at radius 1 is 0.930 bits per heavy atom. The molecule has 43 heavy (non-hydrogen) atoms. The number of carbonyl (C=O) groups is 2. The zero-order chi connectivity index (χ0) is 31.0. The maximum Gasteiger partial charge on any atom is 0.264 e. The molecule has 0 spiro atoms. The first-order valence-corrected chi connectivity index (χ1v) is 16.1. The standard InChI is InChI=1S/C32H38ClN3O6S/c1-23(32(38)34-25-13-6-4-7-14-25)35(21-24-12-10-11-17-28(24)33)31(37)22-36(26-15-8-5-9-16-26)43(39,40)27-18-19-29(41-2)30(20-27)42-3/h5,8-12,15-20,23,25H,4,6-7,13-14,21-22H2,1-3H3,(H,34,38). The van der Waals surface area contributed by atoms with Gasteiger partial charge in [0.15, 0.2) is 11.5 Å². The first-order valence-electron chi connectivity index (χ1n) is 14.3. The van der Waals surface area contributed by atoms with E-state index in [1.807, 2.05) is 0 Å². The number of hydrogen-bond donors (Lipinski definition) is 1. The van der Waals surface area contributed by atoms with Gasteiger partial charge in [0.25, 0.3) is 10.0 Å². The SMILES string of the molecule is COc1ccc(S(=O)(=O)N(CC(=O)N(Cc2ccccc2Cl)C(C)C(=O)NC2CCCCC2)c2ccccc2)cc1OC. The number of para-hydroxylation sites is 1. The topological polar surface area (TPSA) is 105 Å².